The van der Waals surface area contributed by atoms with Crippen LogP contribution >= 0.6 is 11.8 Å². The van der Waals surface area contributed by atoms with E-state index in [2.05, 4.69) is 46.3 Å². The molecular weight excluding hydrogens is 423 g/mol. The first-order chi connectivity index (χ1) is 15.5. The molecule has 4 aromatic rings. The van der Waals surface area contributed by atoms with E-state index in [1.54, 1.807) is 19.1 Å². The van der Waals surface area contributed by atoms with Gasteiger partial charge in [0.25, 0.3) is 5.91 Å². The number of hydrazone groups is 1. The first-order valence-electron chi connectivity index (χ1n) is 10.2. The van der Waals surface area contributed by atoms with Gasteiger partial charge in [-0.15, -0.1) is 0 Å². The van der Waals surface area contributed by atoms with E-state index in [0.717, 1.165) is 21.8 Å². The minimum atomic E-state index is -0.310. The summed E-state index contributed by atoms with van der Waals surface area (Å²) in [5.41, 5.74) is 8.24. The number of para-hydroxylation sites is 2. The molecule has 7 heteroatoms. The van der Waals surface area contributed by atoms with Gasteiger partial charge < -0.3 is 4.57 Å². The summed E-state index contributed by atoms with van der Waals surface area (Å²) >= 11 is 1.37. The van der Waals surface area contributed by atoms with Gasteiger partial charge in [-0.25, -0.2) is 14.8 Å². The maximum absolute atomic E-state index is 13.1. The minimum Gasteiger partial charge on any atom is -0.314 e. The number of hydrogen-bond acceptors (Lipinski definition) is 4. The Morgan fingerprint density at radius 2 is 1.78 bits per heavy atom. The van der Waals surface area contributed by atoms with Crippen LogP contribution in [-0.2, 0) is 11.3 Å². The highest BCUT2D eigenvalue weighted by Gasteiger charge is 2.13. The van der Waals surface area contributed by atoms with Crippen LogP contribution in [0.15, 0.2) is 83.1 Å². The summed E-state index contributed by atoms with van der Waals surface area (Å²) in [6.45, 7) is 4.50. The van der Waals surface area contributed by atoms with Gasteiger partial charge in [0.15, 0.2) is 5.16 Å². The monoisotopic (exact) mass is 446 g/mol. The van der Waals surface area contributed by atoms with Crippen LogP contribution in [0.4, 0.5) is 4.39 Å². The zero-order valence-corrected chi connectivity index (χ0v) is 18.7. The average molecular weight is 447 g/mol. The first kappa shape index (κ1) is 21.8. The van der Waals surface area contributed by atoms with Gasteiger partial charge in [0, 0.05) is 0 Å². The molecule has 1 heterocycles. The zero-order valence-electron chi connectivity index (χ0n) is 17.9. The van der Waals surface area contributed by atoms with Crippen molar-refractivity contribution in [2.75, 3.05) is 5.75 Å². The van der Waals surface area contributed by atoms with Gasteiger partial charge in [-0.3, -0.25) is 4.79 Å². The number of carbonyl (C=O) groups excluding carboxylic acids is 1. The molecule has 0 aliphatic heterocycles. The van der Waals surface area contributed by atoms with E-state index in [4.69, 9.17) is 4.98 Å². The minimum absolute atomic E-state index is 0.178. The summed E-state index contributed by atoms with van der Waals surface area (Å²) in [5.74, 6) is -0.363. The molecule has 1 N–H and O–H groups in total. The third-order valence-electron chi connectivity index (χ3n) is 5.02. The smallest absolute Gasteiger partial charge is 0.250 e. The Balaban J connectivity index is 1.46. The van der Waals surface area contributed by atoms with Crippen LogP contribution < -0.4 is 5.43 Å². The molecule has 3 aromatic carbocycles. The Hall–Kier alpha value is -3.45. The standard InChI is InChI=1S/C25H23FN4OS/c1-17-7-9-19(10-8-17)15-30-23-6-4-3-5-22(23)27-25(30)32-16-24(31)29-28-18(2)20-11-13-21(26)14-12-20/h3-14H,15-16H2,1-2H3,(H,29,31). The topological polar surface area (TPSA) is 59.3 Å². The maximum atomic E-state index is 13.1. The first-order valence-corrected chi connectivity index (χ1v) is 11.2. The Labute approximate surface area is 190 Å². The Morgan fingerprint density at radius 3 is 2.53 bits per heavy atom. The van der Waals surface area contributed by atoms with E-state index in [1.807, 2.05) is 24.3 Å². The molecule has 0 aliphatic rings. The predicted octanol–water partition coefficient (Wildman–Crippen LogP) is 5.16. The predicted molar refractivity (Wildman–Crippen MR) is 127 cm³/mol. The molecule has 162 valence electrons. The Kier molecular flexibility index (Phi) is 6.66. The van der Waals surface area contributed by atoms with Crippen molar-refractivity contribution >= 4 is 34.4 Å². The molecule has 0 radical (unpaired) electrons. The number of thioether (sulfide) groups is 1. The highest BCUT2D eigenvalue weighted by molar-refractivity contribution is 7.99. The fourth-order valence-electron chi connectivity index (χ4n) is 3.26. The molecule has 4 rings (SSSR count). The van der Waals surface area contributed by atoms with Crippen molar-refractivity contribution in [1.82, 2.24) is 15.0 Å². The van der Waals surface area contributed by atoms with Crippen molar-refractivity contribution in [2.45, 2.75) is 25.5 Å². The van der Waals surface area contributed by atoms with Crippen LogP contribution in [0, 0.1) is 12.7 Å². The number of nitrogens with zero attached hydrogens (tertiary/aromatic N) is 3. The molecule has 1 aromatic heterocycles. The highest BCUT2D eigenvalue weighted by Crippen LogP contribution is 2.25. The lowest BCUT2D eigenvalue weighted by atomic mass is 10.1. The van der Waals surface area contributed by atoms with Crippen LogP contribution in [0.3, 0.4) is 0 Å². The van der Waals surface area contributed by atoms with Crippen LogP contribution in [0.5, 0.6) is 0 Å². The summed E-state index contributed by atoms with van der Waals surface area (Å²) in [7, 11) is 0. The SMILES string of the molecule is CC(=NNC(=O)CSc1nc2ccccc2n1Cc1ccc(C)cc1)c1ccc(F)cc1. The van der Waals surface area contributed by atoms with E-state index in [-0.39, 0.29) is 17.5 Å². The van der Waals surface area contributed by atoms with Crippen LogP contribution in [0.25, 0.3) is 11.0 Å². The number of nitrogens with one attached hydrogen (secondary N) is 1. The fraction of sp³-hybridized carbons (Fsp3) is 0.160. The fourth-order valence-corrected chi connectivity index (χ4v) is 4.06. The van der Waals surface area contributed by atoms with Crippen LogP contribution in [0.1, 0.15) is 23.6 Å². The summed E-state index contributed by atoms with van der Waals surface area (Å²) in [6, 6.07) is 22.4. The second-order valence-electron chi connectivity index (χ2n) is 7.48. The van der Waals surface area contributed by atoms with Gasteiger partial charge in [0.1, 0.15) is 5.82 Å². The highest BCUT2D eigenvalue weighted by atomic mass is 32.2. The van der Waals surface area contributed by atoms with Crippen molar-refractivity contribution in [3.05, 3.63) is 95.3 Å². The number of halogens is 1. The summed E-state index contributed by atoms with van der Waals surface area (Å²) in [6.07, 6.45) is 0. The number of amides is 1. The largest absolute Gasteiger partial charge is 0.314 e. The van der Waals surface area contributed by atoms with E-state index in [0.29, 0.717) is 12.3 Å². The lowest BCUT2D eigenvalue weighted by molar-refractivity contribution is -0.118. The number of aromatic nitrogens is 2. The molecule has 0 unspecified atom stereocenters. The number of benzene rings is 3. The third kappa shape index (κ3) is 5.23. The van der Waals surface area contributed by atoms with Gasteiger partial charge in [-0.1, -0.05) is 65.9 Å². The van der Waals surface area contributed by atoms with Gasteiger partial charge in [-0.05, 0) is 49.2 Å². The van der Waals surface area contributed by atoms with Crippen molar-refractivity contribution < 1.29 is 9.18 Å². The molecule has 1 amide bonds. The second-order valence-corrected chi connectivity index (χ2v) is 8.43. The third-order valence-corrected chi connectivity index (χ3v) is 6.00. The van der Waals surface area contributed by atoms with E-state index < -0.39 is 0 Å². The van der Waals surface area contributed by atoms with E-state index in [1.165, 1.54) is 35.0 Å². The molecule has 0 saturated heterocycles. The number of imidazole rings is 1. The molecule has 0 atom stereocenters. The Morgan fingerprint density at radius 1 is 1.06 bits per heavy atom. The molecule has 0 bridgehead atoms. The Bertz CT molecular complexity index is 1260. The van der Waals surface area contributed by atoms with Gasteiger partial charge >= 0.3 is 0 Å². The molecule has 0 saturated carbocycles. The molecule has 5 nitrogen and oxygen atoms in total. The summed E-state index contributed by atoms with van der Waals surface area (Å²) < 4.78 is 15.2. The average Bonchev–Trinajstić information content (AvgIpc) is 3.15. The molecule has 32 heavy (non-hydrogen) atoms. The van der Waals surface area contributed by atoms with Crippen molar-refractivity contribution in [3.63, 3.8) is 0 Å². The second kappa shape index (κ2) is 9.78. The van der Waals surface area contributed by atoms with E-state index >= 15 is 0 Å². The quantitative estimate of drug-likeness (QED) is 0.242. The van der Waals surface area contributed by atoms with Gasteiger partial charge in [0.05, 0.1) is 29.0 Å². The molecule has 0 aliphatic carbocycles. The number of aryl methyl sites for hydroxylation is 1. The van der Waals surface area contributed by atoms with Crippen molar-refractivity contribution in [3.8, 4) is 0 Å². The van der Waals surface area contributed by atoms with Crippen LogP contribution in [-0.4, -0.2) is 26.9 Å². The van der Waals surface area contributed by atoms with Crippen molar-refractivity contribution in [1.29, 1.82) is 0 Å². The maximum Gasteiger partial charge on any atom is 0.250 e. The molecule has 0 fully saturated rings. The summed E-state index contributed by atoms with van der Waals surface area (Å²) in [4.78, 5) is 17.1. The number of rotatable bonds is 7. The lowest BCUT2D eigenvalue weighted by Gasteiger charge is -2.09. The zero-order chi connectivity index (χ0) is 22.5. The lowest BCUT2D eigenvalue weighted by Crippen LogP contribution is -2.21. The molecular formula is C25H23FN4OS. The number of fused-ring (bicyclic) bond motifs is 1. The van der Waals surface area contributed by atoms with Crippen molar-refractivity contribution in [2.24, 2.45) is 5.10 Å². The van der Waals surface area contributed by atoms with Gasteiger partial charge in [0.2, 0.25) is 0 Å². The van der Waals surface area contributed by atoms with E-state index in [9.17, 15) is 9.18 Å². The number of hydrogen-bond donors (Lipinski definition) is 1. The van der Waals surface area contributed by atoms with Crippen LogP contribution in [0.2, 0.25) is 0 Å². The normalized spacial score (nSPS) is 11.7. The summed E-state index contributed by atoms with van der Waals surface area (Å²) in [5, 5.41) is 4.91. The van der Waals surface area contributed by atoms with Gasteiger partial charge in [-0.2, -0.15) is 5.10 Å². The molecule has 0 spiro atoms. The number of carbonyl (C=O) groups is 1.